The average Bonchev–Trinajstić information content (AvgIpc) is 3.82. The quantitative estimate of drug-likeness (QED) is 0.246. The fourth-order valence-corrected chi connectivity index (χ4v) is 7.15. The van der Waals surface area contributed by atoms with Gasteiger partial charge in [-0.15, -0.1) is 11.3 Å². The van der Waals surface area contributed by atoms with Crippen LogP contribution in [0, 0.1) is 18.6 Å². The van der Waals surface area contributed by atoms with Gasteiger partial charge in [-0.3, -0.25) is 19.6 Å². The van der Waals surface area contributed by atoms with Gasteiger partial charge in [-0.25, -0.2) is 13.8 Å². The highest BCUT2D eigenvalue weighted by Gasteiger charge is 2.34. The third kappa shape index (κ3) is 7.08. The van der Waals surface area contributed by atoms with E-state index in [2.05, 4.69) is 25.6 Å². The molecule has 3 N–H and O–H groups in total. The number of likely N-dealkylation sites (tertiary alicyclic amines) is 1. The number of halogens is 2. The summed E-state index contributed by atoms with van der Waals surface area (Å²) in [6.45, 7) is 3.21. The molecule has 0 spiro atoms. The van der Waals surface area contributed by atoms with Crippen LogP contribution >= 0.6 is 11.3 Å². The molecule has 45 heavy (non-hydrogen) atoms. The second-order valence-electron chi connectivity index (χ2n) is 11.6. The summed E-state index contributed by atoms with van der Waals surface area (Å²) >= 11 is 1.53. The smallest absolute Gasteiger partial charge is 0.254 e. The minimum atomic E-state index is -1.03. The van der Waals surface area contributed by atoms with Gasteiger partial charge in [0.2, 0.25) is 0 Å². The van der Waals surface area contributed by atoms with E-state index in [4.69, 9.17) is 0 Å². The molecule has 4 unspecified atom stereocenters. The van der Waals surface area contributed by atoms with Crippen LogP contribution in [0.3, 0.4) is 0 Å². The molecule has 234 valence electrons. The van der Waals surface area contributed by atoms with Crippen LogP contribution in [-0.4, -0.2) is 68.0 Å². The Labute approximate surface area is 263 Å². The fraction of sp³-hybridized carbons (Fsp3) is 0.364. The minimum absolute atomic E-state index is 0.00189. The molecule has 4 atom stereocenters. The summed E-state index contributed by atoms with van der Waals surface area (Å²) in [4.78, 5) is 42.9. The number of aryl methyl sites for hydroxylation is 1. The zero-order valence-corrected chi connectivity index (χ0v) is 25.6. The predicted molar refractivity (Wildman–Crippen MR) is 166 cm³/mol. The Bertz CT molecular complexity index is 1660. The van der Waals surface area contributed by atoms with Crippen molar-refractivity contribution >= 4 is 23.2 Å². The topological polar surface area (TPSA) is 120 Å². The van der Waals surface area contributed by atoms with E-state index in [1.165, 1.54) is 35.9 Å². The van der Waals surface area contributed by atoms with Gasteiger partial charge in [0.05, 0.1) is 30.1 Å². The lowest BCUT2D eigenvalue weighted by Crippen LogP contribution is -2.52. The van der Waals surface area contributed by atoms with Crippen molar-refractivity contribution in [1.82, 2.24) is 30.5 Å². The standard InChI is InChI=1S/C33H34F2N6O3S/c1-19-18-45-32(39-19)29-5-3-9-41(29)33(44)23-14-21(28-17-36-7-8-38-28)13-22(15-23)31(43)40-27(30(42)26-4-2-6-37-26)12-20-10-24(34)16-25(35)11-20/h7-8,10-11,13-18,26-27,29-30,37,42H,2-6,9,12H2,1H3,(H,40,43). The van der Waals surface area contributed by atoms with Crippen LogP contribution in [0.5, 0.6) is 0 Å². The first-order valence-electron chi connectivity index (χ1n) is 15.1. The van der Waals surface area contributed by atoms with Crippen LogP contribution in [0.4, 0.5) is 8.78 Å². The van der Waals surface area contributed by atoms with Crippen LogP contribution < -0.4 is 10.6 Å². The number of amides is 2. The van der Waals surface area contributed by atoms with E-state index in [1.54, 1.807) is 29.3 Å². The second kappa shape index (κ2) is 13.5. The summed E-state index contributed by atoms with van der Waals surface area (Å²) < 4.78 is 28.1. The van der Waals surface area contributed by atoms with Crippen LogP contribution in [-0.2, 0) is 6.42 Å². The first-order valence-corrected chi connectivity index (χ1v) is 15.9. The number of hydrogen-bond donors (Lipinski definition) is 3. The molecule has 0 radical (unpaired) electrons. The average molecular weight is 633 g/mol. The van der Waals surface area contributed by atoms with Crippen molar-refractivity contribution in [3.05, 3.63) is 99.4 Å². The summed E-state index contributed by atoms with van der Waals surface area (Å²) in [6.07, 6.45) is 6.78. The monoisotopic (exact) mass is 632 g/mol. The van der Waals surface area contributed by atoms with E-state index < -0.39 is 29.7 Å². The molecule has 9 nitrogen and oxygen atoms in total. The summed E-state index contributed by atoms with van der Waals surface area (Å²) in [5.74, 6) is -2.25. The van der Waals surface area contributed by atoms with E-state index >= 15 is 0 Å². The van der Waals surface area contributed by atoms with Crippen LogP contribution in [0.15, 0.2) is 60.4 Å². The number of hydrogen-bond acceptors (Lipinski definition) is 8. The summed E-state index contributed by atoms with van der Waals surface area (Å²) in [7, 11) is 0. The molecule has 0 bridgehead atoms. The number of carbonyl (C=O) groups excluding carboxylic acids is 2. The Hall–Kier alpha value is -4.13. The summed E-state index contributed by atoms with van der Waals surface area (Å²) in [5, 5.41) is 20.3. The SMILES string of the molecule is Cc1csc(C2CCCN2C(=O)c2cc(C(=O)NC(Cc3cc(F)cc(F)c3)C(O)C3CCCN3)cc(-c3cnccn3)c2)n1. The maximum atomic E-state index is 14.0. The van der Waals surface area contributed by atoms with Crippen LogP contribution in [0.25, 0.3) is 11.3 Å². The first kappa shape index (κ1) is 30.9. The van der Waals surface area contributed by atoms with Gasteiger partial charge < -0.3 is 20.6 Å². The number of aliphatic hydroxyl groups is 1. The molecule has 0 saturated carbocycles. The highest BCUT2D eigenvalue weighted by molar-refractivity contribution is 7.09. The number of nitrogens with one attached hydrogen (secondary N) is 2. The normalized spacial score (nSPS) is 19.4. The molecule has 2 aromatic carbocycles. The maximum absolute atomic E-state index is 14.0. The Kier molecular flexibility index (Phi) is 9.24. The first-order chi connectivity index (χ1) is 21.7. The molecular formula is C33H34F2N6O3S. The third-order valence-electron chi connectivity index (χ3n) is 8.35. The Balaban J connectivity index is 1.33. The van der Waals surface area contributed by atoms with Gasteiger partial charge in [-0.2, -0.15) is 0 Å². The lowest BCUT2D eigenvalue weighted by molar-refractivity contribution is 0.0733. The molecule has 4 aromatic rings. The van der Waals surface area contributed by atoms with Crippen molar-refractivity contribution in [2.75, 3.05) is 13.1 Å². The molecule has 2 saturated heterocycles. The molecule has 0 aliphatic carbocycles. The Morgan fingerprint density at radius 1 is 1.09 bits per heavy atom. The zero-order chi connectivity index (χ0) is 31.5. The van der Waals surface area contributed by atoms with E-state index in [0.29, 0.717) is 35.3 Å². The van der Waals surface area contributed by atoms with Gasteiger partial charge in [0.25, 0.3) is 11.8 Å². The number of aliphatic hydroxyl groups excluding tert-OH is 1. The van der Waals surface area contributed by atoms with Gasteiger partial charge in [0, 0.05) is 58.8 Å². The van der Waals surface area contributed by atoms with Gasteiger partial charge in [0.15, 0.2) is 0 Å². The molecule has 2 aromatic heterocycles. The maximum Gasteiger partial charge on any atom is 0.254 e. The predicted octanol–water partition coefficient (Wildman–Crippen LogP) is 4.62. The molecule has 6 rings (SSSR count). The van der Waals surface area contributed by atoms with E-state index in [-0.39, 0.29) is 30.0 Å². The number of nitrogens with zero attached hydrogens (tertiary/aromatic N) is 4. The van der Waals surface area contributed by atoms with Gasteiger partial charge in [0.1, 0.15) is 16.6 Å². The Morgan fingerprint density at radius 2 is 1.89 bits per heavy atom. The van der Waals surface area contributed by atoms with E-state index in [9.17, 15) is 23.5 Å². The van der Waals surface area contributed by atoms with Crippen molar-refractivity contribution in [3.63, 3.8) is 0 Å². The summed E-state index contributed by atoms with van der Waals surface area (Å²) in [5.41, 5.74) is 2.72. The fourth-order valence-electron chi connectivity index (χ4n) is 6.21. The van der Waals surface area contributed by atoms with Crippen LogP contribution in [0.1, 0.15) is 68.7 Å². The molecule has 12 heteroatoms. The molecule has 4 heterocycles. The Morgan fingerprint density at radius 3 is 2.58 bits per heavy atom. The van der Waals surface area contributed by atoms with Crippen molar-refractivity contribution < 1.29 is 23.5 Å². The van der Waals surface area contributed by atoms with Gasteiger partial charge >= 0.3 is 0 Å². The van der Waals surface area contributed by atoms with Crippen molar-refractivity contribution in [2.45, 2.75) is 63.3 Å². The molecule has 2 aliphatic heterocycles. The van der Waals surface area contributed by atoms with Crippen LogP contribution in [0.2, 0.25) is 0 Å². The second-order valence-corrected chi connectivity index (χ2v) is 12.5. The van der Waals surface area contributed by atoms with Crippen molar-refractivity contribution in [2.24, 2.45) is 0 Å². The minimum Gasteiger partial charge on any atom is -0.389 e. The number of thiazole rings is 1. The molecule has 2 fully saturated rings. The molecule has 2 amide bonds. The van der Waals surface area contributed by atoms with Crippen molar-refractivity contribution in [3.8, 4) is 11.3 Å². The summed E-state index contributed by atoms with van der Waals surface area (Å²) in [6, 6.07) is 6.72. The molecule has 2 aliphatic rings. The lowest BCUT2D eigenvalue weighted by Gasteiger charge is -2.29. The van der Waals surface area contributed by atoms with Crippen molar-refractivity contribution in [1.29, 1.82) is 0 Å². The lowest BCUT2D eigenvalue weighted by atomic mass is 9.94. The number of aromatic nitrogens is 3. The zero-order valence-electron chi connectivity index (χ0n) is 24.7. The third-order valence-corrected chi connectivity index (χ3v) is 9.42. The largest absolute Gasteiger partial charge is 0.389 e. The van der Waals surface area contributed by atoms with Gasteiger partial charge in [-0.1, -0.05) is 0 Å². The highest BCUT2D eigenvalue weighted by atomic mass is 32.1. The van der Waals surface area contributed by atoms with E-state index in [1.807, 2.05) is 12.3 Å². The van der Waals surface area contributed by atoms with E-state index in [0.717, 1.165) is 42.6 Å². The highest BCUT2D eigenvalue weighted by Crippen LogP contribution is 2.35. The number of carbonyl (C=O) groups is 2. The molecular weight excluding hydrogens is 598 g/mol. The number of benzene rings is 2. The van der Waals surface area contributed by atoms with Gasteiger partial charge in [-0.05, 0) is 81.5 Å². The number of rotatable bonds is 9.